The van der Waals surface area contributed by atoms with Gasteiger partial charge >= 0.3 is 0 Å². The Morgan fingerprint density at radius 1 is 0.931 bits per heavy atom. The molecular weight excluding hydrogens is 388 g/mol. The highest BCUT2D eigenvalue weighted by Gasteiger charge is 2.42. The highest BCUT2D eigenvalue weighted by Crippen LogP contribution is 2.32. The minimum atomic E-state index is -1.19. The van der Waals surface area contributed by atoms with Gasteiger partial charge in [-0.05, 0) is 30.0 Å². The summed E-state index contributed by atoms with van der Waals surface area (Å²) < 4.78 is 0. The van der Waals surface area contributed by atoms with Crippen LogP contribution in [0.4, 0.5) is 0 Å². The van der Waals surface area contributed by atoms with Crippen molar-refractivity contribution >= 4 is 34.7 Å². The number of Topliss-reactive ketones (excluding diaryl/α,β-unsaturated/α-hetero) is 1. The van der Waals surface area contributed by atoms with Crippen molar-refractivity contribution in [1.82, 2.24) is 10.3 Å². The predicted molar refractivity (Wildman–Crippen MR) is 106 cm³/mol. The maximum absolute atomic E-state index is 13.1. The van der Waals surface area contributed by atoms with E-state index in [4.69, 9.17) is 0 Å². The van der Waals surface area contributed by atoms with Crippen LogP contribution in [0.2, 0.25) is 0 Å². The fourth-order valence-corrected chi connectivity index (χ4v) is 4.67. The number of benzene rings is 2. The van der Waals surface area contributed by atoms with Crippen LogP contribution in [0.25, 0.3) is 10.6 Å². The molecule has 1 atom stereocenters. The standard InChI is InChI=1S/C22H14N2O4S/c25-18-14-4-2-1-3-11(14)5-6-12-7-8-13(9-15(12)18)22-23-16(10-29-22)17-19(26)21(28)24-20(17)27/h1-4,7-10,17H,5-6H2,(H,24,27,28). The minimum absolute atomic E-state index is 0.0114. The second-order valence-electron chi connectivity index (χ2n) is 7.05. The molecule has 0 spiro atoms. The maximum Gasteiger partial charge on any atom is 0.295 e. The Bertz CT molecular complexity index is 1230. The molecule has 0 bridgehead atoms. The second kappa shape index (κ2) is 6.56. The summed E-state index contributed by atoms with van der Waals surface area (Å²) in [6, 6.07) is 13.3. The summed E-state index contributed by atoms with van der Waals surface area (Å²) >= 11 is 1.27. The van der Waals surface area contributed by atoms with Crippen molar-refractivity contribution in [3.05, 3.63) is 75.8 Å². The third kappa shape index (κ3) is 2.82. The Morgan fingerprint density at radius 3 is 2.45 bits per heavy atom. The Labute approximate surface area is 169 Å². The van der Waals surface area contributed by atoms with E-state index in [1.807, 2.05) is 47.8 Å². The third-order valence-electron chi connectivity index (χ3n) is 5.33. The number of imide groups is 1. The summed E-state index contributed by atoms with van der Waals surface area (Å²) in [7, 11) is 0. The van der Waals surface area contributed by atoms with Gasteiger partial charge in [-0.25, -0.2) is 4.98 Å². The van der Waals surface area contributed by atoms with Crippen LogP contribution in [0.3, 0.4) is 0 Å². The summed E-state index contributed by atoms with van der Waals surface area (Å²) in [5.74, 6) is -3.54. The molecule has 1 aliphatic carbocycles. The number of aryl methyl sites for hydroxylation is 2. The molecule has 1 N–H and O–H groups in total. The van der Waals surface area contributed by atoms with Gasteiger partial charge in [0.25, 0.3) is 5.91 Å². The Morgan fingerprint density at radius 2 is 1.69 bits per heavy atom. The van der Waals surface area contributed by atoms with E-state index in [1.165, 1.54) is 11.3 Å². The maximum atomic E-state index is 13.1. The molecule has 2 heterocycles. The van der Waals surface area contributed by atoms with Crippen LogP contribution < -0.4 is 5.32 Å². The van der Waals surface area contributed by atoms with Crippen LogP contribution >= 0.6 is 11.3 Å². The molecule has 1 unspecified atom stereocenters. The molecule has 29 heavy (non-hydrogen) atoms. The highest BCUT2D eigenvalue weighted by atomic mass is 32.1. The molecule has 2 aromatic carbocycles. The van der Waals surface area contributed by atoms with Crippen LogP contribution in [0, 0.1) is 0 Å². The number of aromatic nitrogens is 1. The Kier molecular flexibility index (Phi) is 3.99. The molecule has 5 rings (SSSR count). The molecule has 1 aliphatic heterocycles. The van der Waals surface area contributed by atoms with Gasteiger partial charge < -0.3 is 0 Å². The first kappa shape index (κ1) is 17.6. The molecule has 7 heteroatoms. The number of thiazole rings is 1. The zero-order chi connectivity index (χ0) is 20.1. The monoisotopic (exact) mass is 402 g/mol. The molecule has 0 radical (unpaired) electrons. The minimum Gasteiger partial charge on any atom is -0.289 e. The predicted octanol–water partition coefficient (Wildman–Crippen LogP) is 2.45. The summed E-state index contributed by atoms with van der Waals surface area (Å²) in [5.41, 5.74) is 4.39. The summed E-state index contributed by atoms with van der Waals surface area (Å²) in [5, 5.41) is 4.22. The molecule has 1 aromatic heterocycles. The second-order valence-corrected chi connectivity index (χ2v) is 7.91. The smallest absolute Gasteiger partial charge is 0.289 e. The highest BCUT2D eigenvalue weighted by molar-refractivity contribution is 7.13. The fraction of sp³-hybridized carbons (Fsp3) is 0.136. The zero-order valence-corrected chi connectivity index (χ0v) is 15.9. The first-order valence-corrected chi connectivity index (χ1v) is 10.0. The van der Waals surface area contributed by atoms with Gasteiger partial charge in [0.05, 0.1) is 5.69 Å². The van der Waals surface area contributed by atoms with Crippen molar-refractivity contribution < 1.29 is 19.2 Å². The number of carbonyl (C=O) groups is 4. The van der Waals surface area contributed by atoms with Crippen molar-refractivity contribution in [2.45, 2.75) is 18.8 Å². The number of nitrogens with one attached hydrogen (secondary N) is 1. The summed E-state index contributed by atoms with van der Waals surface area (Å²) in [4.78, 5) is 52.8. The number of hydrogen-bond acceptors (Lipinski definition) is 6. The lowest BCUT2D eigenvalue weighted by Gasteiger charge is -2.07. The van der Waals surface area contributed by atoms with Crippen molar-refractivity contribution in [3.63, 3.8) is 0 Å². The normalized spacial score (nSPS) is 18.3. The molecule has 1 fully saturated rings. The third-order valence-corrected chi connectivity index (χ3v) is 6.24. The van der Waals surface area contributed by atoms with E-state index < -0.39 is 23.5 Å². The van der Waals surface area contributed by atoms with Crippen LogP contribution in [0.15, 0.2) is 47.8 Å². The van der Waals surface area contributed by atoms with E-state index in [1.54, 1.807) is 5.38 Å². The number of ketones is 2. The Balaban J connectivity index is 1.53. The van der Waals surface area contributed by atoms with Gasteiger partial charge in [0.2, 0.25) is 11.7 Å². The number of hydrogen-bond donors (Lipinski definition) is 1. The van der Waals surface area contributed by atoms with E-state index >= 15 is 0 Å². The number of amides is 2. The molecular formula is C22H14N2O4S. The van der Waals surface area contributed by atoms with Crippen molar-refractivity contribution in [3.8, 4) is 10.6 Å². The van der Waals surface area contributed by atoms with E-state index in [2.05, 4.69) is 4.98 Å². The van der Waals surface area contributed by atoms with Crippen LogP contribution in [-0.4, -0.2) is 28.4 Å². The number of nitrogens with zero attached hydrogens (tertiary/aromatic N) is 1. The lowest BCUT2D eigenvalue weighted by atomic mass is 9.97. The van der Waals surface area contributed by atoms with E-state index in [0.29, 0.717) is 10.6 Å². The molecule has 2 aliphatic rings. The van der Waals surface area contributed by atoms with Gasteiger partial charge in [0.15, 0.2) is 5.78 Å². The molecule has 0 saturated carbocycles. The van der Waals surface area contributed by atoms with Gasteiger partial charge in [0, 0.05) is 22.1 Å². The van der Waals surface area contributed by atoms with Gasteiger partial charge in [-0.15, -0.1) is 11.3 Å². The molecule has 142 valence electrons. The SMILES string of the molecule is O=C1NC(=O)C(c2csc(-c3ccc4c(c3)C(=O)c3ccccc3CC4)n2)C1=O. The van der Waals surface area contributed by atoms with Crippen LogP contribution in [-0.2, 0) is 27.2 Å². The molecule has 1 saturated heterocycles. The molecule has 3 aromatic rings. The largest absolute Gasteiger partial charge is 0.295 e. The Hall–Kier alpha value is -3.45. The number of rotatable bonds is 2. The van der Waals surface area contributed by atoms with Gasteiger partial charge in [0.1, 0.15) is 10.9 Å². The van der Waals surface area contributed by atoms with Crippen molar-refractivity contribution in [2.75, 3.05) is 0 Å². The van der Waals surface area contributed by atoms with E-state index in [-0.39, 0.29) is 11.5 Å². The van der Waals surface area contributed by atoms with Crippen LogP contribution in [0.5, 0.6) is 0 Å². The molecule has 6 nitrogen and oxygen atoms in total. The van der Waals surface area contributed by atoms with Crippen molar-refractivity contribution in [2.24, 2.45) is 0 Å². The molecule has 2 amide bonds. The van der Waals surface area contributed by atoms with Crippen LogP contribution in [0.1, 0.15) is 38.7 Å². The van der Waals surface area contributed by atoms with Gasteiger partial charge in [-0.3, -0.25) is 24.5 Å². The first-order valence-electron chi connectivity index (χ1n) is 9.13. The summed E-state index contributed by atoms with van der Waals surface area (Å²) in [6.45, 7) is 0. The number of carbonyl (C=O) groups excluding carboxylic acids is 4. The summed E-state index contributed by atoms with van der Waals surface area (Å²) in [6.07, 6.45) is 1.59. The average Bonchev–Trinajstić information content (AvgIpc) is 3.26. The lowest BCUT2D eigenvalue weighted by molar-refractivity contribution is -0.135. The lowest BCUT2D eigenvalue weighted by Crippen LogP contribution is -2.22. The quantitative estimate of drug-likeness (QED) is 0.404. The average molecular weight is 402 g/mol. The topological polar surface area (TPSA) is 93.2 Å². The first-order chi connectivity index (χ1) is 14.0. The van der Waals surface area contributed by atoms with Crippen molar-refractivity contribution in [1.29, 1.82) is 0 Å². The fourth-order valence-electron chi connectivity index (χ4n) is 3.83. The van der Waals surface area contributed by atoms with E-state index in [9.17, 15) is 19.2 Å². The zero-order valence-electron chi connectivity index (χ0n) is 15.1. The van der Waals surface area contributed by atoms with Gasteiger partial charge in [-0.1, -0.05) is 36.4 Å². The van der Waals surface area contributed by atoms with Gasteiger partial charge in [-0.2, -0.15) is 0 Å². The number of fused-ring (bicyclic) bond motifs is 2. The van der Waals surface area contributed by atoms with E-state index in [0.717, 1.165) is 35.1 Å².